The van der Waals surface area contributed by atoms with Crippen LogP contribution >= 0.6 is 0 Å². The predicted octanol–water partition coefficient (Wildman–Crippen LogP) is 1.20. The molecule has 9 nitrogen and oxygen atoms in total. The highest BCUT2D eigenvalue weighted by Gasteiger charge is 2.31. The van der Waals surface area contributed by atoms with Crippen LogP contribution in [0.3, 0.4) is 0 Å². The summed E-state index contributed by atoms with van der Waals surface area (Å²) in [4.78, 5) is 40.8. The monoisotopic (exact) mass is 430 g/mol. The number of nitrogens with zero attached hydrogens (tertiary/aromatic N) is 5. The maximum absolute atomic E-state index is 12.8. The molecule has 3 aliphatic rings. The van der Waals surface area contributed by atoms with Gasteiger partial charge in [-0.3, -0.25) is 14.5 Å². The number of amides is 2. The van der Waals surface area contributed by atoms with Crippen LogP contribution in [0.25, 0.3) is 0 Å². The molecule has 3 aliphatic heterocycles. The molecular weight excluding hydrogens is 396 g/mol. The molecule has 4 heterocycles. The summed E-state index contributed by atoms with van der Waals surface area (Å²) in [5.74, 6) is 1.76. The minimum Gasteiger partial charge on any atom is -0.379 e. The zero-order chi connectivity index (χ0) is 21.8. The van der Waals surface area contributed by atoms with Gasteiger partial charge in [-0.05, 0) is 19.3 Å². The van der Waals surface area contributed by atoms with Crippen LogP contribution in [0.5, 0.6) is 0 Å². The molecule has 9 heteroatoms. The maximum Gasteiger partial charge on any atom is 0.224 e. The van der Waals surface area contributed by atoms with E-state index >= 15 is 0 Å². The summed E-state index contributed by atoms with van der Waals surface area (Å²) in [5.41, 5.74) is 2.00. The van der Waals surface area contributed by atoms with Gasteiger partial charge in [0.05, 0.1) is 31.5 Å². The summed E-state index contributed by atoms with van der Waals surface area (Å²) in [5, 5.41) is 3.21. The van der Waals surface area contributed by atoms with Gasteiger partial charge in [0.1, 0.15) is 5.82 Å². The largest absolute Gasteiger partial charge is 0.379 e. The molecule has 1 aromatic heterocycles. The molecule has 0 bridgehead atoms. The highest BCUT2D eigenvalue weighted by atomic mass is 16.5. The van der Waals surface area contributed by atoms with E-state index in [4.69, 9.17) is 14.7 Å². The van der Waals surface area contributed by atoms with Crippen molar-refractivity contribution in [2.75, 3.05) is 58.3 Å². The van der Waals surface area contributed by atoms with Crippen molar-refractivity contribution in [3.63, 3.8) is 0 Å². The van der Waals surface area contributed by atoms with Gasteiger partial charge in [0.15, 0.2) is 5.82 Å². The van der Waals surface area contributed by atoms with E-state index in [0.29, 0.717) is 19.5 Å². The lowest BCUT2D eigenvalue weighted by Crippen LogP contribution is -2.42. The van der Waals surface area contributed by atoms with E-state index in [9.17, 15) is 9.59 Å². The third-order valence-electron chi connectivity index (χ3n) is 6.62. The summed E-state index contributed by atoms with van der Waals surface area (Å²) >= 11 is 0. The Balaban J connectivity index is 1.46. The minimum absolute atomic E-state index is 0.0585. The van der Waals surface area contributed by atoms with Gasteiger partial charge in [0, 0.05) is 65.1 Å². The SMILES string of the molecule is CNc1nc([C@@H]2CCCCN2C(C)=O)nc2c1CN(C(=O)CCN1CCOCC1)CC2. The van der Waals surface area contributed by atoms with Crippen LogP contribution in [0.15, 0.2) is 0 Å². The fourth-order valence-electron chi connectivity index (χ4n) is 4.82. The smallest absolute Gasteiger partial charge is 0.224 e. The number of nitrogens with one attached hydrogen (secondary N) is 1. The van der Waals surface area contributed by atoms with Crippen molar-refractivity contribution in [3.8, 4) is 0 Å². The summed E-state index contributed by atoms with van der Waals surface area (Å²) in [6, 6.07) is -0.0585. The summed E-state index contributed by atoms with van der Waals surface area (Å²) in [6.07, 6.45) is 4.25. The van der Waals surface area contributed by atoms with Gasteiger partial charge in [-0.1, -0.05) is 0 Å². The molecule has 0 unspecified atom stereocenters. The third-order valence-corrected chi connectivity index (χ3v) is 6.62. The van der Waals surface area contributed by atoms with Crippen molar-refractivity contribution >= 4 is 17.6 Å². The summed E-state index contributed by atoms with van der Waals surface area (Å²) < 4.78 is 5.38. The number of carbonyl (C=O) groups is 2. The Morgan fingerprint density at radius 3 is 2.68 bits per heavy atom. The molecule has 2 amide bonds. The second kappa shape index (κ2) is 9.91. The third kappa shape index (κ3) is 4.98. The Morgan fingerprint density at radius 1 is 1.13 bits per heavy atom. The molecule has 0 spiro atoms. The Hall–Kier alpha value is -2.26. The number of morpholine rings is 1. The highest BCUT2D eigenvalue weighted by molar-refractivity contribution is 5.77. The van der Waals surface area contributed by atoms with Gasteiger partial charge in [-0.2, -0.15) is 0 Å². The van der Waals surface area contributed by atoms with E-state index in [1.165, 1.54) is 0 Å². The second-order valence-corrected chi connectivity index (χ2v) is 8.60. The van der Waals surface area contributed by atoms with E-state index in [1.807, 2.05) is 16.8 Å². The fourth-order valence-corrected chi connectivity index (χ4v) is 4.82. The zero-order valence-corrected chi connectivity index (χ0v) is 18.7. The van der Waals surface area contributed by atoms with Crippen LogP contribution < -0.4 is 5.32 Å². The number of ether oxygens (including phenoxy) is 1. The molecule has 31 heavy (non-hydrogen) atoms. The van der Waals surface area contributed by atoms with Crippen molar-refractivity contribution < 1.29 is 14.3 Å². The minimum atomic E-state index is -0.0585. The molecule has 0 radical (unpaired) electrons. The first-order valence-corrected chi connectivity index (χ1v) is 11.5. The van der Waals surface area contributed by atoms with Gasteiger partial charge in [-0.25, -0.2) is 9.97 Å². The van der Waals surface area contributed by atoms with E-state index in [-0.39, 0.29) is 17.9 Å². The number of aromatic nitrogens is 2. The van der Waals surface area contributed by atoms with Gasteiger partial charge >= 0.3 is 0 Å². The number of fused-ring (bicyclic) bond motifs is 1. The van der Waals surface area contributed by atoms with Crippen LogP contribution in [0.1, 0.15) is 55.7 Å². The standard InChI is InChI=1S/C22H34N6O3/c1-16(29)28-8-4-3-5-19(28)22-24-18-6-10-27(15-17(18)21(23-2)25-22)20(30)7-9-26-11-13-31-14-12-26/h19H,3-15H2,1-2H3,(H,23,24,25)/t19-/m0/s1. The first-order chi connectivity index (χ1) is 15.1. The molecule has 1 N–H and O–H groups in total. The van der Waals surface area contributed by atoms with Gasteiger partial charge in [-0.15, -0.1) is 0 Å². The molecule has 1 aromatic rings. The maximum atomic E-state index is 12.8. The summed E-state index contributed by atoms with van der Waals surface area (Å²) in [6.45, 7) is 7.67. The van der Waals surface area contributed by atoms with Gasteiger partial charge < -0.3 is 19.9 Å². The Bertz CT molecular complexity index is 793. The Morgan fingerprint density at radius 2 is 1.94 bits per heavy atom. The van der Waals surface area contributed by atoms with Crippen molar-refractivity contribution in [2.24, 2.45) is 0 Å². The lowest BCUT2D eigenvalue weighted by molar-refractivity contribution is -0.133. The zero-order valence-electron chi connectivity index (χ0n) is 18.7. The van der Waals surface area contributed by atoms with E-state index < -0.39 is 0 Å². The van der Waals surface area contributed by atoms with Crippen molar-refractivity contribution in [2.45, 2.75) is 51.6 Å². The molecular formula is C22H34N6O3. The lowest BCUT2D eigenvalue weighted by atomic mass is 10.00. The van der Waals surface area contributed by atoms with E-state index in [0.717, 1.165) is 88.0 Å². The second-order valence-electron chi connectivity index (χ2n) is 8.60. The average molecular weight is 431 g/mol. The molecule has 0 aromatic carbocycles. The normalized spacial score (nSPS) is 22.2. The fraction of sp³-hybridized carbons (Fsp3) is 0.727. The predicted molar refractivity (Wildman–Crippen MR) is 117 cm³/mol. The van der Waals surface area contributed by atoms with Crippen LogP contribution in [-0.2, 0) is 27.3 Å². The number of piperidine rings is 1. The number of likely N-dealkylation sites (tertiary alicyclic amines) is 1. The number of hydrogen-bond donors (Lipinski definition) is 1. The van der Waals surface area contributed by atoms with Crippen molar-refractivity contribution in [3.05, 3.63) is 17.1 Å². The van der Waals surface area contributed by atoms with Crippen LogP contribution in [0.2, 0.25) is 0 Å². The van der Waals surface area contributed by atoms with Crippen LogP contribution in [-0.4, -0.2) is 89.5 Å². The first kappa shape index (κ1) is 22.0. The van der Waals surface area contributed by atoms with Crippen molar-refractivity contribution in [1.82, 2.24) is 24.7 Å². The Kier molecular flexibility index (Phi) is 7.02. The van der Waals surface area contributed by atoms with E-state index in [2.05, 4.69) is 10.2 Å². The Labute approximate surface area is 184 Å². The molecule has 2 fully saturated rings. The molecule has 0 aliphatic carbocycles. The topological polar surface area (TPSA) is 90.9 Å². The van der Waals surface area contributed by atoms with Gasteiger partial charge in [0.25, 0.3) is 0 Å². The number of carbonyl (C=O) groups excluding carboxylic acids is 2. The summed E-state index contributed by atoms with van der Waals surface area (Å²) in [7, 11) is 1.86. The number of hydrogen-bond acceptors (Lipinski definition) is 7. The quantitative estimate of drug-likeness (QED) is 0.751. The lowest BCUT2D eigenvalue weighted by Gasteiger charge is -2.35. The van der Waals surface area contributed by atoms with Crippen LogP contribution in [0.4, 0.5) is 5.82 Å². The van der Waals surface area contributed by atoms with Gasteiger partial charge in [0.2, 0.25) is 11.8 Å². The van der Waals surface area contributed by atoms with Crippen LogP contribution in [0, 0.1) is 0 Å². The number of anilines is 1. The molecule has 1 atom stereocenters. The molecule has 0 saturated carbocycles. The first-order valence-electron chi connectivity index (χ1n) is 11.5. The molecule has 2 saturated heterocycles. The molecule has 4 rings (SSSR count). The van der Waals surface area contributed by atoms with Crippen molar-refractivity contribution in [1.29, 1.82) is 0 Å². The molecule has 170 valence electrons. The average Bonchev–Trinajstić information content (AvgIpc) is 2.82. The van der Waals surface area contributed by atoms with E-state index in [1.54, 1.807) is 6.92 Å². The number of rotatable bonds is 5. The highest BCUT2D eigenvalue weighted by Crippen LogP contribution is 2.32.